The third kappa shape index (κ3) is 4.16. The molecule has 6 heteroatoms. The van der Waals surface area contributed by atoms with E-state index in [1.165, 1.54) is 0 Å². The van der Waals surface area contributed by atoms with E-state index in [4.69, 9.17) is 0 Å². The van der Waals surface area contributed by atoms with Gasteiger partial charge in [0.2, 0.25) is 0 Å². The summed E-state index contributed by atoms with van der Waals surface area (Å²) in [7, 11) is 0. The summed E-state index contributed by atoms with van der Waals surface area (Å²) >= 11 is 0. The first-order valence-electron chi connectivity index (χ1n) is 9.66. The molecule has 0 saturated carbocycles. The van der Waals surface area contributed by atoms with E-state index in [2.05, 4.69) is 50.0 Å². The molecule has 2 heterocycles. The molecule has 2 aromatic heterocycles. The highest BCUT2D eigenvalue weighted by Crippen LogP contribution is 2.24. The number of hydrogen-bond donors (Lipinski definition) is 1. The van der Waals surface area contributed by atoms with Crippen molar-refractivity contribution >= 4 is 5.91 Å². The maximum absolute atomic E-state index is 12.8. The number of imidazole rings is 1. The number of nitrogens with one attached hydrogen (secondary N) is 1. The predicted octanol–water partition coefficient (Wildman–Crippen LogP) is 4.44. The topological polar surface area (TPSA) is 64.7 Å². The average molecular weight is 380 g/mol. The molecule has 1 atom stereocenters. The standard InChI is InChI=1S/C22H29N5O/c1-15(2)20-13-19(25-27(20)22(4,5)6)21(28)24-16(3)17-7-9-18(10-8-17)26-12-11-23-14-26/h7-16H,1-6H3,(H,24,28). The van der Waals surface area contributed by atoms with Crippen LogP contribution >= 0.6 is 0 Å². The Labute approximate surface area is 166 Å². The molecule has 0 saturated heterocycles. The number of aromatic nitrogens is 4. The van der Waals surface area contributed by atoms with Crippen molar-refractivity contribution in [3.05, 3.63) is 66.0 Å². The Morgan fingerprint density at radius 1 is 1.11 bits per heavy atom. The SMILES string of the molecule is CC(C)c1cc(C(=O)NC(C)c2ccc(-n3ccnc3)cc2)nn1C(C)(C)C. The van der Waals surface area contributed by atoms with Gasteiger partial charge in [0.05, 0.1) is 17.9 Å². The van der Waals surface area contributed by atoms with Gasteiger partial charge in [0.25, 0.3) is 5.91 Å². The van der Waals surface area contributed by atoms with Crippen LogP contribution in [0.1, 0.15) is 75.2 Å². The van der Waals surface area contributed by atoms with Crippen LogP contribution in [0, 0.1) is 0 Å². The maximum Gasteiger partial charge on any atom is 0.272 e. The summed E-state index contributed by atoms with van der Waals surface area (Å²) in [5.41, 5.74) is 3.42. The van der Waals surface area contributed by atoms with Crippen molar-refractivity contribution in [3.8, 4) is 5.69 Å². The quantitative estimate of drug-likeness (QED) is 0.713. The van der Waals surface area contributed by atoms with E-state index in [9.17, 15) is 4.79 Å². The molecule has 0 bridgehead atoms. The Bertz CT molecular complexity index is 930. The van der Waals surface area contributed by atoms with E-state index >= 15 is 0 Å². The van der Waals surface area contributed by atoms with E-state index in [0.717, 1.165) is 16.9 Å². The Morgan fingerprint density at radius 3 is 2.29 bits per heavy atom. The Kier molecular flexibility index (Phi) is 5.40. The minimum atomic E-state index is -0.174. The Hall–Kier alpha value is -2.89. The number of benzene rings is 1. The molecule has 148 valence electrons. The molecule has 1 aromatic carbocycles. The second kappa shape index (κ2) is 7.62. The van der Waals surface area contributed by atoms with Crippen LogP contribution in [0.25, 0.3) is 5.69 Å². The van der Waals surface area contributed by atoms with Gasteiger partial charge in [-0.25, -0.2) is 4.98 Å². The summed E-state index contributed by atoms with van der Waals surface area (Å²) in [4.78, 5) is 16.9. The van der Waals surface area contributed by atoms with Gasteiger partial charge in [0, 0.05) is 23.8 Å². The Balaban J connectivity index is 1.75. The summed E-state index contributed by atoms with van der Waals surface area (Å²) < 4.78 is 3.90. The molecular weight excluding hydrogens is 350 g/mol. The molecule has 3 rings (SSSR count). The van der Waals surface area contributed by atoms with Gasteiger partial charge in [-0.3, -0.25) is 9.48 Å². The summed E-state index contributed by atoms with van der Waals surface area (Å²) in [6.45, 7) is 12.5. The van der Waals surface area contributed by atoms with E-state index in [-0.39, 0.29) is 17.5 Å². The lowest BCUT2D eigenvalue weighted by atomic mass is 10.1. The van der Waals surface area contributed by atoms with Crippen molar-refractivity contribution in [3.63, 3.8) is 0 Å². The van der Waals surface area contributed by atoms with Gasteiger partial charge < -0.3 is 9.88 Å². The van der Waals surface area contributed by atoms with Gasteiger partial charge in [0.1, 0.15) is 5.69 Å². The van der Waals surface area contributed by atoms with Gasteiger partial charge in [0.15, 0.2) is 0 Å². The predicted molar refractivity (Wildman–Crippen MR) is 111 cm³/mol. The smallest absolute Gasteiger partial charge is 0.272 e. The van der Waals surface area contributed by atoms with Crippen LogP contribution in [0.15, 0.2) is 49.1 Å². The zero-order valence-corrected chi connectivity index (χ0v) is 17.5. The minimum absolute atomic E-state index is 0.119. The first-order valence-corrected chi connectivity index (χ1v) is 9.66. The van der Waals surface area contributed by atoms with Crippen LogP contribution in [-0.4, -0.2) is 25.2 Å². The van der Waals surface area contributed by atoms with Crippen molar-refractivity contribution in [2.24, 2.45) is 0 Å². The van der Waals surface area contributed by atoms with Crippen LogP contribution < -0.4 is 5.32 Å². The lowest BCUT2D eigenvalue weighted by Crippen LogP contribution is -2.29. The third-order valence-corrected chi connectivity index (χ3v) is 4.74. The second-order valence-electron chi connectivity index (χ2n) is 8.45. The first-order chi connectivity index (χ1) is 13.2. The zero-order valence-electron chi connectivity index (χ0n) is 17.5. The van der Waals surface area contributed by atoms with Crippen molar-refractivity contribution in [1.29, 1.82) is 0 Å². The molecule has 6 nitrogen and oxygen atoms in total. The van der Waals surface area contributed by atoms with Crippen molar-refractivity contribution in [2.45, 2.75) is 59.0 Å². The summed E-state index contributed by atoms with van der Waals surface area (Å²) in [6.07, 6.45) is 5.41. The monoisotopic (exact) mass is 379 g/mol. The normalized spacial score (nSPS) is 13.0. The summed E-state index contributed by atoms with van der Waals surface area (Å²) in [6, 6.07) is 9.86. The number of carbonyl (C=O) groups is 1. The molecule has 0 aliphatic rings. The second-order valence-corrected chi connectivity index (χ2v) is 8.45. The van der Waals surface area contributed by atoms with Crippen molar-refractivity contribution in [2.75, 3.05) is 0 Å². The molecule has 1 N–H and O–H groups in total. The molecule has 0 aliphatic heterocycles. The van der Waals surface area contributed by atoms with Crippen molar-refractivity contribution < 1.29 is 4.79 Å². The molecule has 0 aliphatic carbocycles. The van der Waals surface area contributed by atoms with E-state index in [1.54, 1.807) is 12.5 Å². The highest BCUT2D eigenvalue weighted by atomic mass is 16.2. The summed E-state index contributed by atoms with van der Waals surface area (Å²) in [5.74, 6) is 0.137. The van der Waals surface area contributed by atoms with Crippen LogP contribution in [0.5, 0.6) is 0 Å². The zero-order chi connectivity index (χ0) is 20.5. The van der Waals surface area contributed by atoms with E-state index < -0.39 is 0 Å². The number of carbonyl (C=O) groups excluding carboxylic acids is 1. The molecule has 1 amide bonds. The van der Waals surface area contributed by atoms with Crippen LogP contribution in [0.2, 0.25) is 0 Å². The molecule has 0 radical (unpaired) electrons. The average Bonchev–Trinajstić information content (AvgIpc) is 3.31. The number of hydrogen-bond acceptors (Lipinski definition) is 3. The van der Waals surface area contributed by atoms with Crippen LogP contribution in [0.3, 0.4) is 0 Å². The molecule has 0 spiro atoms. The fraction of sp³-hybridized carbons (Fsp3) is 0.409. The highest BCUT2D eigenvalue weighted by Gasteiger charge is 2.24. The number of rotatable bonds is 5. The number of nitrogens with zero attached hydrogens (tertiary/aromatic N) is 4. The fourth-order valence-electron chi connectivity index (χ4n) is 3.16. The van der Waals surface area contributed by atoms with Crippen LogP contribution in [0.4, 0.5) is 0 Å². The molecule has 0 fully saturated rings. The van der Waals surface area contributed by atoms with Crippen LogP contribution in [-0.2, 0) is 5.54 Å². The molecule has 3 aromatic rings. The van der Waals surface area contributed by atoms with Crippen molar-refractivity contribution in [1.82, 2.24) is 24.6 Å². The lowest BCUT2D eigenvalue weighted by molar-refractivity contribution is 0.0933. The van der Waals surface area contributed by atoms with Gasteiger partial charge in [-0.2, -0.15) is 5.10 Å². The first kappa shape index (κ1) is 19.9. The summed E-state index contributed by atoms with van der Waals surface area (Å²) in [5, 5.41) is 7.66. The van der Waals surface area contributed by atoms with E-state index in [1.807, 2.05) is 52.7 Å². The van der Waals surface area contributed by atoms with Gasteiger partial charge in [-0.15, -0.1) is 0 Å². The lowest BCUT2D eigenvalue weighted by Gasteiger charge is -2.23. The number of amides is 1. The molecule has 1 unspecified atom stereocenters. The molecular formula is C22H29N5O. The fourth-order valence-corrected chi connectivity index (χ4v) is 3.16. The largest absolute Gasteiger partial charge is 0.344 e. The highest BCUT2D eigenvalue weighted by molar-refractivity contribution is 5.92. The maximum atomic E-state index is 12.8. The van der Waals surface area contributed by atoms with Gasteiger partial charge in [-0.05, 0) is 57.4 Å². The van der Waals surface area contributed by atoms with E-state index in [0.29, 0.717) is 11.6 Å². The minimum Gasteiger partial charge on any atom is -0.344 e. The third-order valence-electron chi connectivity index (χ3n) is 4.74. The van der Waals surface area contributed by atoms with Gasteiger partial charge >= 0.3 is 0 Å². The molecule has 28 heavy (non-hydrogen) atoms. The Morgan fingerprint density at radius 2 is 1.79 bits per heavy atom. The van der Waals surface area contributed by atoms with Gasteiger partial charge in [-0.1, -0.05) is 26.0 Å².